The van der Waals surface area contributed by atoms with E-state index in [9.17, 15) is 5.11 Å². The number of benzene rings is 4. The normalized spacial score (nSPS) is 12.1. The molecule has 0 bridgehead atoms. The van der Waals surface area contributed by atoms with Gasteiger partial charge in [-0.25, -0.2) is 0 Å². The Kier molecular flexibility index (Phi) is 11.6. The molecule has 0 saturated heterocycles. The van der Waals surface area contributed by atoms with Crippen molar-refractivity contribution in [2.75, 3.05) is 13.1 Å². The Morgan fingerprint density at radius 1 is 0.732 bits per heavy atom. The summed E-state index contributed by atoms with van der Waals surface area (Å²) in [6, 6.07) is 36.1. The highest BCUT2D eigenvalue weighted by atomic mass is 16.5. The molecule has 0 aliphatic rings. The summed E-state index contributed by atoms with van der Waals surface area (Å²) in [7, 11) is 0. The number of ether oxygens (including phenoxy) is 2. The summed E-state index contributed by atoms with van der Waals surface area (Å²) in [4.78, 5) is 2.27. The van der Waals surface area contributed by atoms with Gasteiger partial charge in [0, 0.05) is 25.7 Å². The van der Waals surface area contributed by atoms with Gasteiger partial charge >= 0.3 is 0 Å². The predicted molar refractivity (Wildman–Crippen MR) is 168 cm³/mol. The topological polar surface area (TPSA) is 41.9 Å². The van der Waals surface area contributed by atoms with Crippen LogP contribution in [0.1, 0.15) is 34.8 Å². The zero-order valence-corrected chi connectivity index (χ0v) is 23.6. The van der Waals surface area contributed by atoms with E-state index in [4.69, 9.17) is 9.47 Å². The van der Waals surface area contributed by atoms with Crippen molar-refractivity contribution in [2.24, 2.45) is 0 Å². The maximum atomic E-state index is 11.5. The van der Waals surface area contributed by atoms with Crippen LogP contribution in [-0.2, 0) is 19.8 Å². The Labute approximate surface area is 244 Å². The van der Waals surface area contributed by atoms with Gasteiger partial charge in [-0.2, -0.15) is 0 Å². The zero-order valence-electron chi connectivity index (χ0n) is 23.6. The SMILES string of the molecule is C=C/C=C(\C=C)CCN(Cc1ccccc1)CC(O)c1cc(OCc2ccccc2)cc(OCc2ccccc2)c1. The number of aliphatic hydroxyl groups is 1. The second kappa shape index (κ2) is 16.0. The minimum Gasteiger partial charge on any atom is -0.489 e. The first-order valence-electron chi connectivity index (χ1n) is 14.0. The molecule has 1 N–H and O–H groups in total. The van der Waals surface area contributed by atoms with Crippen LogP contribution in [0.15, 0.2) is 146 Å². The molecule has 4 nitrogen and oxygen atoms in total. The molecule has 0 amide bonds. The van der Waals surface area contributed by atoms with Gasteiger partial charge in [0.25, 0.3) is 0 Å². The van der Waals surface area contributed by atoms with E-state index in [1.165, 1.54) is 5.56 Å². The smallest absolute Gasteiger partial charge is 0.123 e. The van der Waals surface area contributed by atoms with Crippen LogP contribution in [0.4, 0.5) is 0 Å². The van der Waals surface area contributed by atoms with Gasteiger partial charge in [-0.15, -0.1) is 0 Å². The van der Waals surface area contributed by atoms with Gasteiger partial charge in [-0.05, 0) is 46.4 Å². The van der Waals surface area contributed by atoms with Crippen molar-refractivity contribution >= 4 is 0 Å². The number of hydrogen-bond acceptors (Lipinski definition) is 4. The number of nitrogens with zero attached hydrogens (tertiary/aromatic N) is 1. The quantitative estimate of drug-likeness (QED) is 0.145. The van der Waals surface area contributed by atoms with Crippen LogP contribution in [0.5, 0.6) is 11.5 Å². The largest absolute Gasteiger partial charge is 0.489 e. The summed E-state index contributed by atoms with van der Waals surface area (Å²) in [6.07, 6.45) is 5.69. The molecule has 4 aromatic carbocycles. The Bertz CT molecular complexity index is 1320. The van der Waals surface area contributed by atoms with Crippen LogP contribution in [0.3, 0.4) is 0 Å². The summed E-state index contributed by atoms with van der Waals surface area (Å²) in [6.45, 7) is 10.5. The number of hydrogen-bond donors (Lipinski definition) is 1. The van der Waals surface area contributed by atoms with Gasteiger partial charge in [-0.3, -0.25) is 4.90 Å². The lowest BCUT2D eigenvalue weighted by Gasteiger charge is -2.26. The molecule has 0 saturated carbocycles. The van der Waals surface area contributed by atoms with E-state index < -0.39 is 6.10 Å². The molecule has 0 aromatic heterocycles. The van der Waals surface area contributed by atoms with Crippen molar-refractivity contribution in [3.63, 3.8) is 0 Å². The molecule has 1 atom stereocenters. The second-order valence-electron chi connectivity index (χ2n) is 9.95. The maximum Gasteiger partial charge on any atom is 0.123 e. The molecular weight excluding hydrogens is 506 g/mol. The highest BCUT2D eigenvalue weighted by Gasteiger charge is 2.17. The Hall–Kier alpha value is -4.38. The molecule has 1 unspecified atom stereocenters. The Balaban J connectivity index is 1.54. The van der Waals surface area contributed by atoms with Crippen LogP contribution in [0.25, 0.3) is 0 Å². The summed E-state index contributed by atoms with van der Waals surface area (Å²) in [5, 5.41) is 11.5. The van der Waals surface area contributed by atoms with Crippen LogP contribution in [-0.4, -0.2) is 23.1 Å². The molecule has 0 fully saturated rings. The van der Waals surface area contributed by atoms with Gasteiger partial charge in [0.1, 0.15) is 24.7 Å². The molecule has 41 heavy (non-hydrogen) atoms. The molecule has 4 aromatic rings. The summed E-state index contributed by atoms with van der Waals surface area (Å²) in [5.41, 5.74) is 5.21. The minimum absolute atomic E-state index is 0.429. The monoisotopic (exact) mass is 545 g/mol. The van der Waals surface area contributed by atoms with E-state index in [1.807, 2.05) is 109 Å². The van der Waals surface area contributed by atoms with E-state index in [2.05, 4.69) is 30.2 Å². The lowest BCUT2D eigenvalue weighted by Crippen LogP contribution is -2.29. The zero-order chi connectivity index (χ0) is 28.7. The number of allylic oxidation sites excluding steroid dienone is 3. The first-order chi connectivity index (χ1) is 20.1. The van der Waals surface area contributed by atoms with Crippen molar-refractivity contribution in [2.45, 2.75) is 32.3 Å². The highest BCUT2D eigenvalue weighted by Crippen LogP contribution is 2.29. The van der Waals surface area contributed by atoms with Crippen molar-refractivity contribution in [3.05, 3.63) is 168 Å². The Morgan fingerprint density at radius 2 is 1.24 bits per heavy atom. The van der Waals surface area contributed by atoms with E-state index in [1.54, 1.807) is 6.08 Å². The van der Waals surface area contributed by atoms with Crippen molar-refractivity contribution < 1.29 is 14.6 Å². The number of aliphatic hydroxyl groups excluding tert-OH is 1. The van der Waals surface area contributed by atoms with Gasteiger partial charge in [-0.1, -0.05) is 122 Å². The van der Waals surface area contributed by atoms with Gasteiger partial charge in [0.15, 0.2) is 0 Å². The third-order valence-electron chi connectivity index (χ3n) is 6.77. The fourth-order valence-electron chi connectivity index (χ4n) is 4.55. The first-order valence-corrected chi connectivity index (χ1v) is 14.0. The van der Waals surface area contributed by atoms with E-state index in [0.717, 1.165) is 41.8 Å². The highest BCUT2D eigenvalue weighted by molar-refractivity contribution is 5.40. The van der Waals surface area contributed by atoms with Crippen molar-refractivity contribution in [1.29, 1.82) is 0 Å². The Morgan fingerprint density at radius 3 is 1.73 bits per heavy atom. The lowest BCUT2D eigenvalue weighted by atomic mass is 10.1. The number of rotatable bonds is 16. The molecule has 4 rings (SSSR count). The minimum atomic E-state index is -0.742. The van der Waals surface area contributed by atoms with Gasteiger partial charge in [0.2, 0.25) is 0 Å². The third-order valence-corrected chi connectivity index (χ3v) is 6.77. The second-order valence-corrected chi connectivity index (χ2v) is 9.95. The molecule has 210 valence electrons. The summed E-state index contributed by atoms with van der Waals surface area (Å²) < 4.78 is 12.3. The van der Waals surface area contributed by atoms with E-state index in [0.29, 0.717) is 31.3 Å². The average molecular weight is 546 g/mol. The summed E-state index contributed by atoms with van der Waals surface area (Å²) in [5.74, 6) is 1.32. The van der Waals surface area contributed by atoms with Crippen molar-refractivity contribution in [1.82, 2.24) is 4.90 Å². The first kappa shape index (κ1) is 29.6. The fourth-order valence-corrected chi connectivity index (χ4v) is 4.55. The predicted octanol–water partition coefficient (Wildman–Crippen LogP) is 8.07. The van der Waals surface area contributed by atoms with E-state index in [-0.39, 0.29) is 0 Å². The van der Waals surface area contributed by atoms with Gasteiger partial charge < -0.3 is 14.6 Å². The molecule has 0 radical (unpaired) electrons. The molecular formula is C37H39NO3. The van der Waals surface area contributed by atoms with E-state index >= 15 is 0 Å². The summed E-state index contributed by atoms with van der Waals surface area (Å²) >= 11 is 0. The average Bonchev–Trinajstić information content (AvgIpc) is 3.02. The fraction of sp³-hybridized carbons (Fsp3) is 0.189. The maximum absolute atomic E-state index is 11.5. The molecule has 0 heterocycles. The molecule has 0 aliphatic heterocycles. The van der Waals surface area contributed by atoms with Crippen LogP contribution >= 0.6 is 0 Å². The van der Waals surface area contributed by atoms with Gasteiger partial charge in [0.05, 0.1) is 6.10 Å². The van der Waals surface area contributed by atoms with Crippen LogP contribution in [0.2, 0.25) is 0 Å². The standard InChI is InChI=1S/C37H39NO3/c1-3-14-30(4-2)21-22-38(26-31-15-8-5-9-16-31)27-37(39)34-23-35(40-28-32-17-10-6-11-18-32)25-36(24-34)41-29-33-19-12-7-13-20-33/h3-20,23-25,37,39H,1-2,21-22,26-29H2/b30-14+. The van der Waals surface area contributed by atoms with Crippen LogP contribution in [0, 0.1) is 0 Å². The molecule has 4 heteroatoms. The molecule has 0 aliphatic carbocycles. The third kappa shape index (κ3) is 9.95. The molecule has 0 spiro atoms. The van der Waals surface area contributed by atoms with Crippen LogP contribution < -0.4 is 9.47 Å². The lowest BCUT2D eigenvalue weighted by molar-refractivity contribution is 0.109. The van der Waals surface area contributed by atoms with Crippen molar-refractivity contribution in [3.8, 4) is 11.5 Å².